The van der Waals surface area contributed by atoms with Crippen molar-refractivity contribution >= 4 is 34.4 Å². The summed E-state index contributed by atoms with van der Waals surface area (Å²) in [6, 6.07) is 9.33. The Kier molecular flexibility index (Phi) is 7.80. The zero-order valence-corrected chi connectivity index (χ0v) is 16.1. The van der Waals surface area contributed by atoms with Gasteiger partial charge in [-0.15, -0.1) is 0 Å². The number of alkyl halides is 3. The highest BCUT2D eigenvalue weighted by Gasteiger charge is 2.38. The average molecular weight is 432 g/mol. The van der Waals surface area contributed by atoms with Crippen molar-refractivity contribution in [2.45, 2.75) is 37.9 Å². The van der Waals surface area contributed by atoms with Crippen molar-refractivity contribution in [2.24, 2.45) is 11.7 Å². The number of nitrogens with one attached hydrogen (secondary N) is 1. The highest BCUT2D eigenvalue weighted by Crippen LogP contribution is 2.24. The van der Waals surface area contributed by atoms with Crippen LogP contribution < -0.4 is 11.1 Å². The van der Waals surface area contributed by atoms with Crippen molar-refractivity contribution in [1.82, 2.24) is 10.3 Å². The molecule has 0 radical (unpaired) electrons. The molecule has 1 fully saturated rings. The lowest BCUT2D eigenvalue weighted by molar-refractivity contribution is -0.192. The van der Waals surface area contributed by atoms with E-state index in [1.54, 1.807) is 12.1 Å². The van der Waals surface area contributed by atoms with E-state index < -0.39 is 12.1 Å². The molecule has 3 rings (SSSR count). The summed E-state index contributed by atoms with van der Waals surface area (Å²) in [5.74, 6) is -2.25. The second-order valence-electron chi connectivity index (χ2n) is 6.76. The van der Waals surface area contributed by atoms with Crippen molar-refractivity contribution < 1.29 is 27.9 Å². The molecule has 4 N–H and O–H groups in total. The number of carbonyl (C=O) groups excluding carboxylic acids is 1. The van der Waals surface area contributed by atoms with Gasteiger partial charge in [0.05, 0.1) is 5.52 Å². The Morgan fingerprint density at radius 2 is 1.79 bits per heavy atom. The molecule has 1 aliphatic rings. The average Bonchev–Trinajstić information content (AvgIpc) is 2.67. The number of benzene rings is 1. The third-order valence-corrected chi connectivity index (χ3v) is 4.88. The highest BCUT2D eigenvalue weighted by molar-refractivity contribution is 6.31. The number of nitrogens with zero attached hydrogens (tertiary/aromatic N) is 1. The second kappa shape index (κ2) is 9.89. The number of aromatic nitrogens is 1. The molecular formula is C19H21ClF3N3O3. The van der Waals surface area contributed by atoms with Gasteiger partial charge in [0.1, 0.15) is 5.69 Å². The first kappa shape index (κ1) is 22.9. The van der Waals surface area contributed by atoms with Gasteiger partial charge >= 0.3 is 12.1 Å². The summed E-state index contributed by atoms with van der Waals surface area (Å²) in [5, 5.41) is 11.8. The Balaban J connectivity index is 0.000000370. The Labute approximate surface area is 170 Å². The molecule has 0 aliphatic heterocycles. The van der Waals surface area contributed by atoms with Crippen LogP contribution in [0.15, 0.2) is 30.3 Å². The minimum absolute atomic E-state index is 0.104. The lowest BCUT2D eigenvalue weighted by Gasteiger charge is -2.28. The number of fused-ring (bicyclic) bond motifs is 1. The molecular weight excluding hydrogens is 411 g/mol. The van der Waals surface area contributed by atoms with Crippen LogP contribution in [0.25, 0.3) is 10.9 Å². The van der Waals surface area contributed by atoms with E-state index in [1.807, 2.05) is 18.2 Å². The van der Waals surface area contributed by atoms with Gasteiger partial charge in [-0.2, -0.15) is 13.2 Å². The third-order valence-electron chi connectivity index (χ3n) is 4.64. The van der Waals surface area contributed by atoms with Crippen LogP contribution in [0.1, 0.15) is 36.2 Å². The smallest absolute Gasteiger partial charge is 0.475 e. The van der Waals surface area contributed by atoms with Crippen molar-refractivity contribution in [3.8, 4) is 0 Å². The van der Waals surface area contributed by atoms with E-state index in [0.29, 0.717) is 16.6 Å². The van der Waals surface area contributed by atoms with Gasteiger partial charge in [0, 0.05) is 16.5 Å². The highest BCUT2D eigenvalue weighted by atomic mass is 35.5. The van der Waals surface area contributed by atoms with Gasteiger partial charge in [0.25, 0.3) is 5.91 Å². The Morgan fingerprint density at radius 3 is 2.34 bits per heavy atom. The van der Waals surface area contributed by atoms with E-state index in [9.17, 15) is 18.0 Å². The van der Waals surface area contributed by atoms with E-state index in [2.05, 4.69) is 10.3 Å². The summed E-state index contributed by atoms with van der Waals surface area (Å²) < 4.78 is 31.7. The zero-order chi connectivity index (χ0) is 21.6. The van der Waals surface area contributed by atoms with Gasteiger partial charge in [0.15, 0.2) is 0 Å². The minimum Gasteiger partial charge on any atom is -0.475 e. The number of pyridine rings is 1. The van der Waals surface area contributed by atoms with E-state index in [4.69, 9.17) is 27.2 Å². The zero-order valence-electron chi connectivity index (χ0n) is 15.4. The third kappa shape index (κ3) is 6.86. The number of aliphatic carboxylic acids is 1. The number of carboxylic acid groups (broad SMARTS) is 1. The number of hydrogen-bond donors (Lipinski definition) is 3. The maximum absolute atomic E-state index is 12.4. The molecule has 0 unspecified atom stereocenters. The minimum atomic E-state index is -5.08. The maximum atomic E-state index is 12.4. The van der Waals surface area contributed by atoms with Crippen LogP contribution in [0.5, 0.6) is 0 Å². The lowest BCUT2D eigenvalue weighted by Crippen LogP contribution is -2.38. The molecule has 1 aromatic heterocycles. The number of halogens is 4. The first-order valence-electron chi connectivity index (χ1n) is 8.97. The number of rotatable bonds is 3. The summed E-state index contributed by atoms with van der Waals surface area (Å²) in [6.07, 6.45) is -0.913. The summed E-state index contributed by atoms with van der Waals surface area (Å²) in [6.45, 7) is 0.745. The van der Waals surface area contributed by atoms with Gasteiger partial charge in [0.2, 0.25) is 0 Å². The fourth-order valence-electron chi connectivity index (χ4n) is 3.02. The van der Waals surface area contributed by atoms with Crippen LogP contribution in [-0.4, -0.2) is 40.7 Å². The first-order chi connectivity index (χ1) is 13.6. The van der Waals surface area contributed by atoms with Crippen molar-refractivity contribution in [1.29, 1.82) is 0 Å². The largest absolute Gasteiger partial charge is 0.490 e. The van der Waals surface area contributed by atoms with Gasteiger partial charge in [-0.05, 0) is 62.4 Å². The Hall–Kier alpha value is -2.39. The Bertz CT molecular complexity index is 869. The van der Waals surface area contributed by atoms with Crippen LogP contribution in [0, 0.1) is 5.92 Å². The summed E-state index contributed by atoms with van der Waals surface area (Å²) >= 11 is 5.96. The Morgan fingerprint density at radius 1 is 1.17 bits per heavy atom. The molecule has 0 atom stereocenters. The molecule has 2 aromatic rings. The number of carboxylic acids is 1. The van der Waals surface area contributed by atoms with Crippen molar-refractivity contribution in [3.63, 3.8) is 0 Å². The van der Waals surface area contributed by atoms with Gasteiger partial charge in [-0.3, -0.25) is 4.79 Å². The number of amides is 1. The van der Waals surface area contributed by atoms with Crippen LogP contribution >= 0.6 is 11.6 Å². The molecule has 1 amide bonds. The molecule has 1 saturated carbocycles. The van der Waals surface area contributed by atoms with Crippen LogP contribution in [0.2, 0.25) is 5.02 Å². The molecule has 10 heteroatoms. The standard InChI is InChI=1S/C17H20ClN3O.C2HF3O2/c18-13-4-8-15-12(9-13)3-7-16(21-15)17(22)20-14-5-1-11(10-19)2-6-14;3-2(4,5)1(6)7/h3-4,7-9,11,14H,1-2,5-6,10,19H2,(H,20,22);(H,6,7). The fourth-order valence-corrected chi connectivity index (χ4v) is 3.21. The van der Waals surface area contributed by atoms with Crippen molar-refractivity contribution in [3.05, 3.63) is 41.0 Å². The second-order valence-corrected chi connectivity index (χ2v) is 7.20. The number of hydrogen-bond acceptors (Lipinski definition) is 4. The predicted molar refractivity (Wildman–Crippen MR) is 103 cm³/mol. The van der Waals surface area contributed by atoms with Gasteiger partial charge < -0.3 is 16.2 Å². The molecule has 6 nitrogen and oxygen atoms in total. The molecule has 0 bridgehead atoms. The van der Waals surface area contributed by atoms with E-state index in [-0.39, 0.29) is 11.9 Å². The molecule has 158 valence electrons. The van der Waals surface area contributed by atoms with Crippen LogP contribution in [0.3, 0.4) is 0 Å². The molecule has 1 aliphatic carbocycles. The SMILES string of the molecule is NCC1CCC(NC(=O)c2ccc3cc(Cl)ccc3n2)CC1.O=C(O)C(F)(F)F. The van der Waals surface area contributed by atoms with Crippen LogP contribution in [0.4, 0.5) is 13.2 Å². The summed E-state index contributed by atoms with van der Waals surface area (Å²) in [4.78, 5) is 25.7. The van der Waals surface area contributed by atoms with E-state index in [1.165, 1.54) is 0 Å². The normalized spacial score (nSPS) is 19.2. The lowest BCUT2D eigenvalue weighted by atomic mass is 9.86. The predicted octanol–water partition coefficient (Wildman–Crippen LogP) is 3.77. The summed E-state index contributed by atoms with van der Waals surface area (Å²) in [5.41, 5.74) is 6.93. The molecule has 1 aromatic carbocycles. The maximum Gasteiger partial charge on any atom is 0.490 e. The van der Waals surface area contributed by atoms with E-state index >= 15 is 0 Å². The van der Waals surface area contributed by atoms with E-state index in [0.717, 1.165) is 43.1 Å². The quantitative estimate of drug-likeness (QED) is 0.686. The molecule has 0 saturated heterocycles. The van der Waals surface area contributed by atoms with Gasteiger partial charge in [-0.25, -0.2) is 9.78 Å². The topological polar surface area (TPSA) is 105 Å². The fraction of sp³-hybridized carbons (Fsp3) is 0.421. The van der Waals surface area contributed by atoms with Gasteiger partial charge in [-0.1, -0.05) is 17.7 Å². The number of nitrogens with two attached hydrogens (primary N) is 1. The number of carbonyl (C=O) groups is 2. The molecule has 29 heavy (non-hydrogen) atoms. The molecule has 1 heterocycles. The molecule has 0 spiro atoms. The summed E-state index contributed by atoms with van der Waals surface area (Å²) in [7, 11) is 0. The monoisotopic (exact) mass is 431 g/mol. The van der Waals surface area contributed by atoms with Crippen molar-refractivity contribution in [2.75, 3.05) is 6.54 Å². The first-order valence-corrected chi connectivity index (χ1v) is 9.35. The van der Waals surface area contributed by atoms with Crippen LogP contribution in [-0.2, 0) is 4.79 Å².